The number of fused-ring (bicyclic) bond motifs is 1. The normalized spacial score (nSPS) is 21.3. The Morgan fingerprint density at radius 3 is 2.63 bits per heavy atom. The van der Waals surface area contributed by atoms with Gasteiger partial charge in [-0.05, 0) is 73.9 Å². The van der Waals surface area contributed by atoms with Gasteiger partial charge in [-0.3, -0.25) is 0 Å². The Hall–Kier alpha value is -1.60. The first kappa shape index (κ1) is 18.7. The molecule has 6 nitrogen and oxygen atoms in total. The Kier molecular flexibility index (Phi) is 4.31. The summed E-state index contributed by atoms with van der Waals surface area (Å²) in [4.78, 5) is 21.5. The molecule has 0 radical (unpaired) electrons. The topological polar surface area (TPSA) is 78.4 Å². The summed E-state index contributed by atoms with van der Waals surface area (Å²) in [7, 11) is 0. The summed E-state index contributed by atoms with van der Waals surface area (Å²) in [5, 5.41) is 12.3. The van der Waals surface area contributed by atoms with Crippen LogP contribution >= 0.6 is 15.9 Å². The minimum atomic E-state index is -0.851. The Labute approximate surface area is 167 Å². The number of aromatic amines is 1. The zero-order chi connectivity index (χ0) is 19.4. The van der Waals surface area contributed by atoms with Crippen molar-refractivity contribution in [3.8, 4) is 0 Å². The number of likely N-dealkylation sites (tertiary alicyclic amines) is 1. The number of amides is 1. The number of rotatable bonds is 1. The molecule has 1 spiro atoms. The molecule has 1 saturated carbocycles. The minimum absolute atomic E-state index is 0.0958. The highest BCUT2D eigenvalue weighted by Crippen LogP contribution is 2.60. The molecule has 2 aromatic rings. The second-order valence-corrected chi connectivity index (χ2v) is 9.93. The molecular weight excluding hydrogens is 410 g/mol. The number of hydrogen-bond acceptors (Lipinski definition) is 4. The van der Waals surface area contributed by atoms with Crippen molar-refractivity contribution >= 4 is 33.1 Å². The number of aromatic nitrogens is 2. The third kappa shape index (κ3) is 3.36. The molecule has 1 aliphatic heterocycles. The summed E-state index contributed by atoms with van der Waals surface area (Å²) in [5.41, 5.74) is 0.490. The number of ether oxygens (including phenoxy) is 1. The highest BCUT2D eigenvalue weighted by Gasteiger charge is 2.56. The van der Waals surface area contributed by atoms with Crippen LogP contribution in [0.25, 0.3) is 11.0 Å². The number of nitrogens with one attached hydrogen (secondary N) is 1. The number of nitrogens with zero attached hydrogens (tertiary/aromatic N) is 2. The molecular formula is C20H26BrN3O3. The summed E-state index contributed by atoms with van der Waals surface area (Å²) >= 11 is 3.58. The maximum absolute atomic E-state index is 12.3. The van der Waals surface area contributed by atoms with Crippen LogP contribution in [0.15, 0.2) is 22.9 Å². The van der Waals surface area contributed by atoms with Crippen LogP contribution in [0.4, 0.5) is 4.79 Å². The first-order valence-corrected chi connectivity index (χ1v) is 10.2. The van der Waals surface area contributed by atoms with Gasteiger partial charge < -0.3 is 19.7 Å². The van der Waals surface area contributed by atoms with Gasteiger partial charge >= 0.3 is 6.09 Å². The van der Waals surface area contributed by atoms with E-state index in [1.165, 1.54) is 0 Å². The lowest BCUT2D eigenvalue weighted by molar-refractivity contribution is -0.153. The lowest BCUT2D eigenvalue weighted by atomic mass is 9.53. The van der Waals surface area contributed by atoms with Gasteiger partial charge in [0.15, 0.2) is 0 Å². The first-order valence-electron chi connectivity index (χ1n) is 9.43. The number of carbonyl (C=O) groups excluding carboxylic acids is 1. The second-order valence-electron chi connectivity index (χ2n) is 9.07. The van der Waals surface area contributed by atoms with Crippen LogP contribution in [0.1, 0.15) is 52.0 Å². The van der Waals surface area contributed by atoms with Crippen LogP contribution in [0.5, 0.6) is 0 Å². The first-order chi connectivity index (χ1) is 12.6. The fraction of sp³-hybridized carbons (Fsp3) is 0.600. The van der Waals surface area contributed by atoms with Gasteiger partial charge in [0.25, 0.3) is 0 Å². The third-order valence-electron chi connectivity index (χ3n) is 5.82. The van der Waals surface area contributed by atoms with E-state index in [0.29, 0.717) is 25.9 Å². The quantitative estimate of drug-likeness (QED) is 0.698. The molecule has 146 valence electrons. The predicted molar refractivity (Wildman–Crippen MR) is 106 cm³/mol. The summed E-state index contributed by atoms with van der Waals surface area (Å²) in [6.45, 7) is 7.02. The van der Waals surface area contributed by atoms with Gasteiger partial charge in [-0.2, -0.15) is 0 Å². The number of carbonyl (C=O) groups is 1. The summed E-state index contributed by atoms with van der Waals surface area (Å²) < 4.78 is 6.33. The number of halogens is 1. The smallest absolute Gasteiger partial charge is 0.410 e. The van der Waals surface area contributed by atoms with Crippen molar-refractivity contribution in [3.63, 3.8) is 0 Å². The van der Waals surface area contributed by atoms with E-state index < -0.39 is 11.2 Å². The van der Waals surface area contributed by atoms with E-state index in [2.05, 4.69) is 25.9 Å². The molecule has 3 heterocycles. The average Bonchev–Trinajstić information content (AvgIpc) is 3.00. The molecule has 0 bridgehead atoms. The second kappa shape index (κ2) is 6.21. The monoisotopic (exact) mass is 435 g/mol. The molecule has 0 unspecified atom stereocenters. The molecule has 2 aliphatic rings. The van der Waals surface area contributed by atoms with E-state index in [0.717, 1.165) is 33.9 Å². The van der Waals surface area contributed by atoms with Gasteiger partial charge in [0.1, 0.15) is 11.2 Å². The van der Waals surface area contributed by atoms with Gasteiger partial charge in [-0.15, -0.1) is 0 Å². The standard InChI is InChI=1S/C20H26BrN3O3/c1-18(2,3)27-17(25)24-8-5-19(6-9-24)11-20(26,12-19)15-13-4-7-22-16(13)23-10-14(15)21/h4,7,10,26H,5-6,8-9,11-12H2,1-3H3,(H,22,23). The zero-order valence-electron chi connectivity index (χ0n) is 16.0. The van der Waals surface area contributed by atoms with Crippen LogP contribution in [0, 0.1) is 5.41 Å². The van der Waals surface area contributed by atoms with Crippen LogP contribution in [0.3, 0.4) is 0 Å². The highest BCUT2D eigenvalue weighted by molar-refractivity contribution is 9.10. The maximum atomic E-state index is 12.3. The van der Waals surface area contributed by atoms with Gasteiger partial charge in [-0.1, -0.05) is 0 Å². The molecule has 0 aromatic carbocycles. The van der Waals surface area contributed by atoms with Crippen molar-refractivity contribution < 1.29 is 14.6 Å². The molecule has 7 heteroatoms. The molecule has 1 saturated heterocycles. The van der Waals surface area contributed by atoms with Crippen molar-refractivity contribution in [1.29, 1.82) is 0 Å². The van der Waals surface area contributed by atoms with Crippen molar-refractivity contribution in [2.24, 2.45) is 5.41 Å². The molecule has 1 amide bonds. The Morgan fingerprint density at radius 2 is 2.00 bits per heavy atom. The average molecular weight is 436 g/mol. The number of H-pyrrole nitrogens is 1. The number of piperidine rings is 1. The molecule has 1 aliphatic carbocycles. The molecule has 2 aromatic heterocycles. The number of hydrogen-bond donors (Lipinski definition) is 2. The predicted octanol–water partition coefficient (Wildman–Crippen LogP) is 4.32. The summed E-state index contributed by atoms with van der Waals surface area (Å²) in [6.07, 6.45) is 6.59. The van der Waals surface area contributed by atoms with Gasteiger partial charge in [0, 0.05) is 40.9 Å². The number of aliphatic hydroxyl groups is 1. The van der Waals surface area contributed by atoms with Gasteiger partial charge in [-0.25, -0.2) is 9.78 Å². The molecule has 2 N–H and O–H groups in total. The fourth-order valence-electron chi connectivity index (χ4n) is 4.67. The van der Waals surface area contributed by atoms with Crippen LogP contribution < -0.4 is 0 Å². The van der Waals surface area contributed by atoms with Gasteiger partial charge in [0.05, 0.1) is 5.60 Å². The van der Waals surface area contributed by atoms with Crippen LogP contribution in [0.2, 0.25) is 0 Å². The highest BCUT2D eigenvalue weighted by atomic mass is 79.9. The summed E-state index contributed by atoms with van der Waals surface area (Å²) in [5.74, 6) is 0. The van der Waals surface area contributed by atoms with E-state index in [4.69, 9.17) is 4.74 Å². The molecule has 27 heavy (non-hydrogen) atoms. The van der Waals surface area contributed by atoms with E-state index in [1.54, 1.807) is 11.1 Å². The van der Waals surface area contributed by atoms with Crippen molar-refractivity contribution in [2.75, 3.05) is 13.1 Å². The largest absolute Gasteiger partial charge is 0.444 e. The molecule has 2 fully saturated rings. The lowest BCUT2D eigenvalue weighted by Crippen LogP contribution is -2.55. The lowest BCUT2D eigenvalue weighted by Gasteiger charge is -2.57. The van der Waals surface area contributed by atoms with E-state index in [9.17, 15) is 9.90 Å². The maximum Gasteiger partial charge on any atom is 0.410 e. The van der Waals surface area contributed by atoms with E-state index in [-0.39, 0.29) is 11.5 Å². The number of pyridine rings is 1. The molecule has 4 rings (SSSR count). The Morgan fingerprint density at radius 1 is 1.33 bits per heavy atom. The Bertz CT molecular complexity index is 870. The minimum Gasteiger partial charge on any atom is -0.444 e. The fourth-order valence-corrected chi connectivity index (χ4v) is 5.35. The SMILES string of the molecule is CC(C)(C)OC(=O)N1CCC2(CC1)CC(O)(c1c(Br)cnc3[nH]ccc13)C2. The van der Waals surface area contributed by atoms with Crippen LogP contribution in [-0.4, -0.2) is 44.8 Å². The molecule has 0 atom stereocenters. The van der Waals surface area contributed by atoms with Gasteiger partial charge in [0.2, 0.25) is 0 Å². The summed E-state index contributed by atoms with van der Waals surface area (Å²) in [6, 6.07) is 1.97. The van der Waals surface area contributed by atoms with E-state index in [1.807, 2.05) is 33.0 Å². The van der Waals surface area contributed by atoms with Crippen molar-refractivity contribution in [2.45, 2.75) is 57.7 Å². The zero-order valence-corrected chi connectivity index (χ0v) is 17.6. The van der Waals surface area contributed by atoms with Crippen LogP contribution in [-0.2, 0) is 10.3 Å². The van der Waals surface area contributed by atoms with Crippen molar-refractivity contribution in [3.05, 3.63) is 28.5 Å². The third-order valence-corrected chi connectivity index (χ3v) is 6.42. The van der Waals surface area contributed by atoms with Crippen molar-refractivity contribution in [1.82, 2.24) is 14.9 Å². The van der Waals surface area contributed by atoms with E-state index >= 15 is 0 Å². The Balaban J connectivity index is 1.46.